The predicted molar refractivity (Wildman–Crippen MR) is 78.4 cm³/mol. The standard InChI is InChI=1S/C18H13FO/c19-17-7-3-4-13(10-17)11-18(20)16-9-8-14-5-1-2-6-15(14)12-16/h1-10,12H,11H2. The van der Waals surface area contributed by atoms with Crippen LogP contribution in [0.5, 0.6) is 0 Å². The largest absolute Gasteiger partial charge is 0.294 e. The lowest BCUT2D eigenvalue weighted by atomic mass is 10.00. The third kappa shape index (κ3) is 2.59. The lowest BCUT2D eigenvalue weighted by molar-refractivity contribution is 0.0993. The number of hydrogen-bond acceptors (Lipinski definition) is 1. The zero-order valence-corrected chi connectivity index (χ0v) is 10.8. The minimum Gasteiger partial charge on any atom is -0.294 e. The summed E-state index contributed by atoms with van der Waals surface area (Å²) >= 11 is 0. The van der Waals surface area contributed by atoms with E-state index in [1.165, 1.54) is 12.1 Å². The van der Waals surface area contributed by atoms with Crippen LogP contribution in [0.2, 0.25) is 0 Å². The van der Waals surface area contributed by atoms with Crippen LogP contribution in [0, 0.1) is 5.82 Å². The van der Waals surface area contributed by atoms with E-state index in [0.717, 1.165) is 10.8 Å². The number of Topliss-reactive ketones (excluding diaryl/α,β-unsaturated/α-hetero) is 1. The maximum atomic E-state index is 13.1. The van der Waals surface area contributed by atoms with Gasteiger partial charge in [0.1, 0.15) is 5.82 Å². The molecule has 0 aliphatic heterocycles. The molecule has 0 fully saturated rings. The Bertz CT molecular complexity index is 777. The molecule has 0 aliphatic carbocycles. The summed E-state index contributed by atoms with van der Waals surface area (Å²) in [6.07, 6.45) is 0.218. The van der Waals surface area contributed by atoms with Crippen molar-refractivity contribution >= 4 is 16.6 Å². The van der Waals surface area contributed by atoms with Gasteiger partial charge >= 0.3 is 0 Å². The summed E-state index contributed by atoms with van der Waals surface area (Å²) in [5.74, 6) is -0.310. The zero-order valence-electron chi connectivity index (χ0n) is 10.8. The Morgan fingerprint density at radius 3 is 2.45 bits per heavy atom. The van der Waals surface area contributed by atoms with Crippen LogP contribution < -0.4 is 0 Å². The Hall–Kier alpha value is -2.48. The fourth-order valence-corrected chi connectivity index (χ4v) is 2.30. The number of halogens is 1. The van der Waals surface area contributed by atoms with Crippen molar-refractivity contribution in [3.63, 3.8) is 0 Å². The van der Waals surface area contributed by atoms with Crippen LogP contribution in [0.15, 0.2) is 66.7 Å². The van der Waals surface area contributed by atoms with Gasteiger partial charge in [-0.25, -0.2) is 4.39 Å². The van der Waals surface area contributed by atoms with Crippen molar-refractivity contribution in [2.45, 2.75) is 6.42 Å². The van der Waals surface area contributed by atoms with Crippen LogP contribution in [-0.2, 0) is 6.42 Å². The van der Waals surface area contributed by atoms with Gasteiger partial charge in [-0.15, -0.1) is 0 Å². The van der Waals surface area contributed by atoms with Crippen LogP contribution >= 0.6 is 0 Å². The third-order valence-electron chi connectivity index (χ3n) is 3.33. The Kier molecular flexibility index (Phi) is 3.30. The first-order valence-electron chi connectivity index (χ1n) is 6.49. The fourth-order valence-electron chi connectivity index (χ4n) is 2.30. The van der Waals surface area contributed by atoms with E-state index >= 15 is 0 Å². The van der Waals surface area contributed by atoms with Gasteiger partial charge in [-0.3, -0.25) is 4.79 Å². The Labute approximate surface area is 116 Å². The number of ketones is 1. The molecule has 0 N–H and O–H groups in total. The summed E-state index contributed by atoms with van der Waals surface area (Å²) in [5.41, 5.74) is 1.36. The van der Waals surface area contributed by atoms with Gasteiger partial charge in [0, 0.05) is 12.0 Å². The van der Waals surface area contributed by atoms with E-state index < -0.39 is 0 Å². The molecule has 0 amide bonds. The van der Waals surface area contributed by atoms with Gasteiger partial charge in [-0.1, -0.05) is 48.5 Å². The number of carbonyl (C=O) groups is 1. The molecular formula is C18H13FO. The average molecular weight is 264 g/mol. The number of rotatable bonds is 3. The van der Waals surface area contributed by atoms with Crippen LogP contribution in [0.25, 0.3) is 10.8 Å². The van der Waals surface area contributed by atoms with E-state index in [1.807, 2.05) is 42.5 Å². The van der Waals surface area contributed by atoms with Crippen molar-refractivity contribution in [2.75, 3.05) is 0 Å². The molecule has 3 aromatic carbocycles. The van der Waals surface area contributed by atoms with E-state index in [1.54, 1.807) is 12.1 Å². The van der Waals surface area contributed by atoms with Crippen molar-refractivity contribution in [2.24, 2.45) is 0 Å². The molecule has 0 aromatic heterocycles. The summed E-state index contributed by atoms with van der Waals surface area (Å²) < 4.78 is 13.1. The molecule has 0 atom stereocenters. The van der Waals surface area contributed by atoms with Crippen LogP contribution in [-0.4, -0.2) is 5.78 Å². The molecule has 98 valence electrons. The van der Waals surface area contributed by atoms with Gasteiger partial charge in [0.05, 0.1) is 0 Å². The molecule has 2 heteroatoms. The Morgan fingerprint density at radius 2 is 1.65 bits per heavy atom. The average Bonchev–Trinajstić information content (AvgIpc) is 2.47. The summed E-state index contributed by atoms with van der Waals surface area (Å²) in [6.45, 7) is 0. The van der Waals surface area contributed by atoms with E-state index in [0.29, 0.717) is 11.1 Å². The number of benzene rings is 3. The van der Waals surface area contributed by atoms with Crippen LogP contribution in [0.3, 0.4) is 0 Å². The first-order valence-corrected chi connectivity index (χ1v) is 6.49. The molecule has 3 aromatic rings. The van der Waals surface area contributed by atoms with Crippen molar-refractivity contribution in [3.8, 4) is 0 Å². The lowest BCUT2D eigenvalue weighted by Gasteiger charge is -2.04. The lowest BCUT2D eigenvalue weighted by Crippen LogP contribution is -2.03. The number of carbonyl (C=O) groups excluding carboxylic acids is 1. The molecular weight excluding hydrogens is 251 g/mol. The van der Waals surface area contributed by atoms with Crippen LogP contribution in [0.1, 0.15) is 15.9 Å². The molecule has 0 unspecified atom stereocenters. The maximum absolute atomic E-state index is 13.1. The molecule has 0 spiro atoms. The van der Waals surface area contributed by atoms with Crippen molar-refractivity contribution < 1.29 is 9.18 Å². The number of hydrogen-bond donors (Lipinski definition) is 0. The number of fused-ring (bicyclic) bond motifs is 1. The zero-order chi connectivity index (χ0) is 13.9. The van der Waals surface area contributed by atoms with Crippen molar-refractivity contribution in [1.82, 2.24) is 0 Å². The monoisotopic (exact) mass is 264 g/mol. The second-order valence-corrected chi connectivity index (χ2v) is 4.79. The van der Waals surface area contributed by atoms with Crippen molar-refractivity contribution in [1.29, 1.82) is 0 Å². The van der Waals surface area contributed by atoms with E-state index in [-0.39, 0.29) is 18.0 Å². The van der Waals surface area contributed by atoms with Crippen LogP contribution in [0.4, 0.5) is 4.39 Å². The molecule has 0 radical (unpaired) electrons. The summed E-state index contributed by atoms with van der Waals surface area (Å²) in [6, 6.07) is 19.7. The minimum atomic E-state index is -0.311. The Balaban J connectivity index is 1.88. The van der Waals surface area contributed by atoms with E-state index in [9.17, 15) is 9.18 Å². The molecule has 20 heavy (non-hydrogen) atoms. The first kappa shape index (κ1) is 12.5. The molecule has 1 nitrogen and oxygen atoms in total. The SMILES string of the molecule is O=C(Cc1cccc(F)c1)c1ccc2ccccc2c1. The molecule has 0 bridgehead atoms. The fraction of sp³-hybridized carbons (Fsp3) is 0.0556. The smallest absolute Gasteiger partial charge is 0.167 e. The first-order chi connectivity index (χ1) is 9.72. The highest BCUT2D eigenvalue weighted by molar-refractivity contribution is 6.01. The molecule has 0 heterocycles. The van der Waals surface area contributed by atoms with Gasteiger partial charge in [0.15, 0.2) is 5.78 Å². The van der Waals surface area contributed by atoms with Gasteiger partial charge in [0.25, 0.3) is 0 Å². The highest BCUT2D eigenvalue weighted by Crippen LogP contribution is 2.17. The van der Waals surface area contributed by atoms with Gasteiger partial charge in [-0.2, -0.15) is 0 Å². The molecule has 0 saturated carbocycles. The van der Waals surface area contributed by atoms with Crippen molar-refractivity contribution in [3.05, 3.63) is 83.7 Å². The van der Waals surface area contributed by atoms with Gasteiger partial charge in [0.2, 0.25) is 0 Å². The van der Waals surface area contributed by atoms with Gasteiger partial charge < -0.3 is 0 Å². The molecule has 0 aliphatic rings. The summed E-state index contributed by atoms with van der Waals surface area (Å²) in [4.78, 5) is 12.2. The van der Waals surface area contributed by atoms with E-state index in [2.05, 4.69) is 0 Å². The predicted octanol–water partition coefficient (Wildman–Crippen LogP) is 4.40. The second kappa shape index (κ2) is 5.25. The highest BCUT2D eigenvalue weighted by atomic mass is 19.1. The van der Waals surface area contributed by atoms with Gasteiger partial charge in [-0.05, 0) is 34.5 Å². The normalized spacial score (nSPS) is 10.7. The molecule has 3 rings (SSSR count). The Morgan fingerprint density at radius 1 is 0.850 bits per heavy atom. The second-order valence-electron chi connectivity index (χ2n) is 4.79. The highest BCUT2D eigenvalue weighted by Gasteiger charge is 2.08. The molecule has 0 saturated heterocycles. The third-order valence-corrected chi connectivity index (χ3v) is 3.33. The maximum Gasteiger partial charge on any atom is 0.167 e. The topological polar surface area (TPSA) is 17.1 Å². The summed E-state index contributed by atoms with van der Waals surface area (Å²) in [7, 11) is 0. The quantitative estimate of drug-likeness (QED) is 0.641. The summed E-state index contributed by atoms with van der Waals surface area (Å²) in [5, 5.41) is 2.15. The van der Waals surface area contributed by atoms with E-state index in [4.69, 9.17) is 0 Å². The minimum absolute atomic E-state index is 0.00125.